The molecule has 3 fully saturated rings. The van der Waals surface area contributed by atoms with Gasteiger partial charge in [0, 0.05) is 32.2 Å². The molecule has 2 N–H and O–H groups in total. The van der Waals surface area contributed by atoms with Crippen LogP contribution in [0.15, 0.2) is 30.6 Å². The number of pyridine rings is 1. The van der Waals surface area contributed by atoms with Crippen LogP contribution >= 0.6 is 31.4 Å². The molecular formula is C31H41ClIN5O3. The fourth-order valence-corrected chi connectivity index (χ4v) is 10.2. The van der Waals surface area contributed by atoms with Gasteiger partial charge in [0.15, 0.2) is 0 Å². The van der Waals surface area contributed by atoms with Crippen molar-refractivity contribution in [1.29, 1.82) is 0 Å². The topological polar surface area (TPSA) is 82.7 Å². The maximum absolute atomic E-state index is 13.6. The van der Waals surface area contributed by atoms with Crippen molar-refractivity contribution in [3.05, 3.63) is 41.2 Å². The molecule has 2 saturated heterocycles. The van der Waals surface area contributed by atoms with E-state index in [9.17, 15) is 4.79 Å². The van der Waals surface area contributed by atoms with E-state index in [-0.39, 0.29) is 5.91 Å². The summed E-state index contributed by atoms with van der Waals surface area (Å²) in [6.07, 6.45) is 9.35. The van der Waals surface area contributed by atoms with E-state index in [4.69, 9.17) is 26.1 Å². The summed E-state index contributed by atoms with van der Waals surface area (Å²) in [7, 11) is 1.67. The number of carbonyl (C=O) groups excluding carboxylic acids is 1. The third-order valence-electron chi connectivity index (χ3n) is 9.04. The minimum absolute atomic E-state index is 0.0614. The van der Waals surface area contributed by atoms with Gasteiger partial charge in [0.1, 0.15) is 0 Å². The Bertz CT molecular complexity index is 1380. The average Bonchev–Trinajstić information content (AvgIpc) is 3.64. The van der Waals surface area contributed by atoms with Gasteiger partial charge in [-0.1, -0.05) is 0 Å². The maximum atomic E-state index is 13.6. The van der Waals surface area contributed by atoms with Crippen LogP contribution in [0, 0.1) is 0 Å². The van der Waals surface area contributed by atoms with Crippen LogP contribution in [0.5, 0.6) is 5.75 Å². The van der Waals surface area contributed by atoms with Gasteiger partial charge in [0.05, 0.1) is 13.2 Å². The number of hydrogen-bond donors (Lipinski definition) is 2. The molecule has 0 radical (unpaired) electrons. The molecule has 6 rings (SSSR count). The zero-order chi connectivity index (χ0) is 28.5. The van der Waals surface area contributed by atoms with Crippen LogP contribution in [0.2, 0.25) is 5.02 Å². The van der Waals surface area contributed by atoms with Crippen molar-refractivity contribution < 1.29 is 14.3 Å². The number of alkyl halides is 3. The molecular weight excluding hydrogens is 653 g/mol. The molecule has 41 heavy (non-hydrogen) atoms. The number of piperidine rings is 1. The standard InChI is InChI=1S/C31H41ClIN5O3/c1-33(2)21-5-6-22(17-21)36-29-25(18-34-30-28(29)26(32)19-35-30)24-7-4-20(16-27(24)40-3)31(39)38-10-8-23(9-11-38)37-12-14-41-15-13-37/h4,7,16,18-19,21-23H,5-6,8-15,17H2,1-3H3,(H2,34,35,36). The van der Waals surface area contributed by atoms with Gasteiger partial charge >= 0.3 is 188 Å². The summed E-state index contributed by atoms with van der Waals surface area (Å²) < 4.78 is 12.3. The van der Waals surface area contributed by atoms with E-state index >= 15 is 0 Å². The Hall–Kier alpha value is -2.08. The molecule has 2 unspecified atom stereocenters. The molecule has 0 bridgehead atoms. The second-order valence-electron chi connectivity index (χ2n) is 11.6. The molecule has 2 atom stereocenters. The number of carbonyl (C=O) groups is 1. The van der Waals surface area contributed by atoms with E-state index in [1.165, 1.54) is 19.3 Å². The number of rotatable bonds is 7. The third-order valence-corrected chi connectivity index (χ3v) is 14.0. The van der Waals surface area contributed by atoms with E-state index in [1.54, 1.807) is 13.3 Å². The summed E-state index contributed by atoms with van der Waals surface area (Å²) in [6.45, 7) is 5.14. The first-order valence-corrected chi connectivity index (χ1v) is 20.6. The number of nitrogens with one attached hydrogen (secondary N) is 2. The number of anilines is 1. The number of likely N-dealkylation sites (tertiary alicyclic amines) is 1. The predicted molar refractivity (Wildman–Crippen MR) is 175 cm³/mol. The number of ether oxygens (including phenoxy) is 2. The van der Waals surface area contributed by atoms with Crippen molar-refractivity contribution in [3.63, 3.8) is 0 Å². The summed E-state index contributed by atoms with van der Waals surface area (Å²) in [6, 6.07) is 6.75. The molecule has 222 valence electrons. The number of fused-ring (bicyclic) bond motifs is 1. The van der Waals surface area contributed by atoms with Crippen LogP contribution in [-0.4, -0.2) is 98.0 Å². The van der Waals surface area contributed by atoms with E-state index in [2.05, 4.69) is 25.1 Å². The predicted octanol–water partition coefficient (Wildman–Crippen LogP) is 5.93. The SMILES string of the molecule is COc1cc(C(=O)N2CCC(N3CCOCC3)CC2)ccc1-c1cnc2[nH]cc(Cl)c2c1NC1CCC(I(C)C)C1. The third kappa shape index (κ3) is 6.05. The number of benzene rings is 1. The molecule has 10 heteroatoms. The fraction of sp³-hybridized carbons (Fsp3) is 0.548. The molecule has 1 amide bonds. The summed E-state index contributed by atoms with van der Waals surface area (Å²) in [5.74, 6) is 0.723. The van der Waals surface area contributed by atoms with Crippen LogP contribution in [-0.2, 0) is 4.74 Å². The molecule has 1 aromatic carbocycles. The number of halogens is 2. The zero-order valence-electron chi connectivity index (χ0n) is 24.2. The molecule has 2 aliphatic heterocycles. The normalized spacial score (nSPS) is 22.7. The monoisotopic (exact) mass is 693 g/mol. The quantitative estimate of drug-likeness (QED) is 0.236. The van der Waals surface area contributed by atoms with Crippen molar-refractivity contribution in [1.82, 2.24) is 19.8 Å². The fourth-order valence-electron chi connectivity index (χ4n) is 6.68. The molecule has 4 heterocycles. The summed E-state index contributed by atoms with van der Waals surface area (Å²) in [5, 5.41) is 5.43. The summed E-state index contributed by atoms with van der Waals surface area (Å²) in [4.78, 5) is 30.9. The molecule has 1 aliphatic carbocycles. The van der Waals surface area contributed by atoms with Crippen LogP contribution < -0.4 is 10.1 Å². The first-order valence-electron chi connectivity index (χ1n) is 14.6. The van der Waals surface area contributed by atoms with Gasteiger partial charge in [0.2, 0.25) is 0 Å². The molecule has 8 nitrogen and oxygen atoms in total. The Morgan fingerprint density at radius 2 is 1.90 bits per heavy atom. The second-order valence-corrected chi connectivity index (χ2v) is 18.4. The number of amides is 1. The first-order chi connectivity index (χ1) is 19.9. The van der Waals surface area contributed by atoms with Gasteiger partial charge in [-0.2, -0.15) is 0 Å². The number of aromatic nitrogens is 2. The number of morpholine rings is 1. The van der Waals surface area contributed by atoms with Crippen molar-refractivity contribution in [2.24, 2.45) is 0 Å². The van der Waals surface area contributed by atoms with E-state index < -0.39 is 19.8 Å². The Morgan fingerprint density at radius 3 is 2.61 bits per heavy atom. The van der Waals surface area contributed by atoms with E-state index in [0.29, 0.717) is 28.4 Å². The van der Waals surface area contributed by atoms with Crippen LogP contribution in [0.1, 0.15) is 42.5 Å². The Balaban J connectivity index is 1.25. The Morgan fingerprint density at radius 1 is 1.12 bits per heavy atom. The molecule has 2 aromatic heterocycles. The Kier molecular flexibility index (Phi) is 8.95. The summed E-state index contributed by atoms with van der Waals surface area (Å²) in [5.41, 5.74) is 4.24. The molecule has 0 spiro atoms. The molecule has 1 saturated carbocycles. The van der Waals surface area contributed by atoms with E-state index in [0.717, 1.165) is 84.0 Å². The van der Waals surface area contributed by atoms with Gasteiger partial charge in [-0.25, -0.2) is 0 Å². The van der Waals surface area contributed by atoms with Gasteiger partial charge in [-0.3, -0.25) is 4.90 Å². The van der Waals surface area contributed by atoms with Gasteiger partial charge < -0.3 is 4.74 Å². The van der Waals surface area contributed by atoms with Gasteiger partial charge in [-0.15, -0.1) is 0 Å². The van der Waals surface area contributed by atoms with Gasteiger partial charge in [0.25, 0.3) is 0 Å². The number of aromatic amines is 1. The van der Waals surface area contributed by atoms with E-state index in [1.807, 2.05) is 29.3 Å². The summed E-state index contributed by atoms with van der Waals surface area (Å²) >= 11 is 5.83. The number of H-pyrrole nitrogens is 1. The van der Waals surface area contributed by atoms with Crippen molar-refractivity contribution >= 4 is 54.0 Å². The number of nitrogens with zero attached hydrogens (tertiary/aromatic N) is 3. The van der Waals surface area contributed by atoms with Crippen LogP contribution in [0.4, 0.5) is 5.69 Å². The van der Waals surface area contributed by atoms with Crippen molar-refractivity contribution in [2.45, 2.75) is 48.1 Å². The molecule has 3 aromatic rings. The average molecular weight is 694 g/mol. The number of methoxy groups -OCH3 is 1. The van der Waals surface area contributed by atoms with Crippen molar-refractivity contribution in [2.75, 3.05) is 61.7 Å². The Labute approximate surface area is 254 Å². The molecule has 3 aliphatic rings. The zero-order valence-corrected chi connectivity index (χ0v) is 27.1. The van der Waals surface area contributed by atoms with Gasteiger partial charge in [-0.05, 0) is 12.8 Å². The van der Waals surface area contributed by atoms with Crippen LogP contribution in [0.3, 0.4) is 0 Å². The first kappa shape index (κ1) is 29.0. The van der Waals surface area contributed by atoms with Crippen LogP contribution in [0.25, 0.3) is 22.2 Å². The minimum atomic E-state index is -0.863. The van der Waals surface area contributed by atoms with Crippen molar-refractivity contribution in [3.8, 4) is 16.9 Å². The number of hydrogen-bond acceptors (Lipinski definition) is 6. The second kappa shape index (κ2) is 12.7.